The number of para-hydroxylation sites is 1. The SMILES string of the molecule is CC1(C)NC(=O)N(CCC(=O)OCC(=O)Nc2ccccc2Cl)C1=O. The number of nitrogens with zero attached hydrogens (tertiary/aromatic N) is 1. The molecule has 25 heavy (non-hydrogen) atoms. The van der Waals surface area contributed by atoms with E-state index in [2.05, 4.69) is 10.6 Å². The fourth-order valence-electron chi connectivity index (χ4n) is 2.19. The highest BCUT2D eigenvalue weighted by molar-refractivity contribution is 6.33. The van der Waals surface area contributed by atoms with Crippen LogP contribution in [0.3, 0.4) is 0 Å². The van der Waals surface area contributed by atoms with Crippen molar-refractivity contribution in [2.24, 2.45) is 0 Å². The highest BCUT2D eigenvalue weighted by Gasteiger charge is 2.44. The normalized spacial score (nSPS) is 15.7. The first-order valence-electron chi connectivity index (χ1n) is 7.55. The van der Waals surface area contributed by atoms with Gasteiger partial charge in [-0.05, 0) is 26.0 Å². The topological polar surface area (TPSA) is 105 Å². The predicted molar refractivity (Wildman–Crippen MR) is 90.0 cm³/mol. The van der Waals surface area contributed by atoms with Gasteiger partial charge in [0, 0.05) is 6.54 Å². The molecule has 0 unspecified atom stereocenters. The second-order valence-electron chi connectivity index (χ2n) is 5.95. The lowest BCUT2D eigenvalue weighted by Crippen LogP contribution is -2.40. The Hall–Kier alpha value is -2.61. The quantitative estimate of drug-likeness (QED) is 0.586. The van der Waals surface area contributed by atoms with Gasteiger partial charge in [-0.3, -0.25) is 19.3 Å². The molecule has 0 atom stereocenters. The number of amides is 4. The summed E-state index contributed by atoms with van der Waals surface area (Å²) in [5.41, 5.74) is -0.581. The summed E-state index contributed by atoms with van der Waals surface area (Å²) in [5, 5.41) is 5.38. The largest absolute Gasteiger partial charge is 0.456 e. The lowest BCUT2D eigenvalue weighted by molar-refractivity contribution is -0.147. The van der Waals surface area contributed by atoms with Crippen molar-refractivity contribution >= 4 is 41.1 Å². The first-order valence-corrected chi connectivity index (χ1v) is 7.92. The number of ether oxygens (including phenoxy) is 1. The Labute approximate surface area is 149 Å². The van der Waals surface area contributed by atoms with Crippen LogP contribution in [-0.4, -0.2) is 47.4 Å². The van der Waals surface area contributed by atoms with Crippen molar-refractivity contribution in [3.05, 3.63) is 29.3 Å². The van der Waals surface area contributed by atoms with Gasteiger partial charge < -0.3 is 15.4 Å². The summed E-state index contributed by atoms with van der Waals surface area (Å²) in [4.78, 5) is 48.0. The van der Waals surface area contributed by atoms with Gasteiger partial charge in [-0.1, -0.05) is 23.7 Å². The Kier molecular flexibility index (Phi) is 5.63. The molecule has 4 amide bonds. The summed E-state index contributed by atoms with van der Waals surface area (Å²) in [6, 6.07) is 6.09. The lowest BCUT2D eigenvalue weighted by atomic mass is 10.1. The minimum absolute atomic E-state index is 0.112. The van der Waals surface area contributed by atoms with Gasteiger partial charge >= 0.3 is 12.0 Å². The molecular weight excluding hydrogens is 350 g/mol. The number of anilines is 1. The second-order valence-corrected chi connectivity index (χ2v) is 6.36. The van der Waals surface area contributed by atoms with E-state index in [4.69, 9.17) is 16.3 Å². The maximum Gasteiger partial charge on any atom is 0.325 e. The zero-order chi connectivity index (χ0) is 18.6. The maximum atomic E-state index is 12.0. The number of urea groups is 1. The summed E-state index contributed by atoms with van der Waals surface area (Å²) in [5.74, 6) is -1.65. The van der Waals surface area contributed by atoms with Crippen LogP contribution in [0.2, 0.25) is 5.02 Å². The number of hydrogen-bond acceptors (Lipinski definition) is 5. The van der Waals surface area contributed by atoms with Crippen molar-refractivity contribution < 1.29 is 23.9 Å². The number of imide groups is 1. The summed E-state index contributed by atoms with van der Waals surface area (Å²) in [6.07, 6.45) is -0.200. The third-order valence-corrected chi connectivity index (χ3v) is 3.83. The molecule has 1 aromatic rings. The third-order valence-electron chi connectivity index (χ3n) is 3.50. The molecule has 1 aromatic carbocycles. The van der Waals surface area contributed by atoms with Crippen LogP contribution in [0.1, 0.15) is 20.3 Å². The first kappa shape index (κ1) is 18.7. The van der Waals surface area contributed by atoms with Gasteiger partial charge in [0.25, 0.3) is 11.8 Å². The van der Waals surface area contributed by atoms with Crippen LogP contribution in [0.5, 0.6) is 0 Å². The number of nitrogens with one attached hydrogen (secondary N) is 2. The molecule has 134 valence electrons. The molecule has 0 bridgehead atoms. The van der Waals surface area contributed by atoms with E-state index < -0.39 is 36.0 Å². The van der Waals surface area contributed by atoms with E-state index in [1.807, 2.05) is 0 Å². The van der Waals surface area contributed by atoms with Gasteiger partial charge in [0.05, 0.1) is 17.1 Å². The average Bonchev–Trinajstić information content (AvgIpc) is 2.73. The van der Waals surface area contributed by atoms with Gasteiger partial charge in [-0.15, -0.1) is 0 Å². The fraction of sp³-hybridized carbons (Fsp3) is 0.375. The zero-order valence-electron chi connectivity index (χ0n) is 13.8. The van der Waals surface area contributed by atoms with Crippen molar-refractivity contribution in [3.8, 4) is 0 Å². The highest BCUT2D eigenvalue weighted by atomic mass is 35.5. The molecule has 0 saturated carbocycles. The number of carbonyl (C=O) groups is 4. The minimum Gasteiger partial charge on any atom is -0.456 e. The average molecular weight is 368 g/mol. The molecule has 2 N–H and O–H groups in total. The smallest absolute Gasteiger partial charge is 0.325 e. The van der Waals surface area contributed by atoms with Crippen LogP contribution >= 0.6 is 11.6 Å². The Bertz CT molecular complexity index is 719. The van der Waals surface area contributed by atoms with Crippen LogP contribution in [-0.2, 0) is 19.1 Å². The Morgan fingerprint density at radius 3 is 2.56 bits per heavy atom. The van der Waals surface area contributed by atoms with E-state index >= 15 is 0 Å². The minimum atomic E-state index is -0.990. The van der Waals surface area contributed by atoms with Crippen LogP contribution in [0, 0.1) is 0 Å². The standard InChI is InChI=1S/C16H18ClN3O5/c1-16(2)14(23)20(15(24)19-16)8-7-13(22)25-9-12(21)18-11-6-4-3-5-10(11)17/h3-6H,7-9H2,1-2H3,(H,18,21)(H,19,24). The summed E-state index contributed by atoms with van der Waals surface area (Å²) in [7, 11) is 0. The van der Waals surface area contributed by atoms with Gasteiger partial charge in [-0.25, -0.2) is 4.79 Å². The van der Waals surface area contributed by atoms with Crippen LogP contribution < -0.4 is 10.6 Å². The van der Waals surface area contributed by atoms with E-state index in [9.17, 15) is 19.2 Å². The molecule has 0 aromatic heterocycles. The number of rotatable bonds is 6. The summed E-state index contributed by atoms with van der Waals surface area (Å²) < 4.78 is 4.83. The maximum absolute atomic E-state index is 12.0. The van der Waals surface area contributed by atoms with E-state index in [1.165, 1.54) is 0 Å². The molecule has 9 heteroatoms. The van der Waals surface area contributed by atoms with Gasteiger partial charge in [0.2, 0.25) is 0 Å². The molecule has 0 aliphatic carbocycles. The lowest BCUT2D eigenvalue weighted by Gasteiger charge is -2.15. The molecular formula is C16H18ClN3O5. The van der Waals surface area contributed by atoms with Gasteiger partial charge in [0.1, 0.15) is 5.54 Å². The molecule has 1 fully saturated rings. The first-order chi connectivity index (χ1) is 11.7. The van der Waals surface area contributed by atoms with E-state index in [1.54, 1.807) is 38.1 Å². The Balaban J connectivity index is 1.76. The molecule has 8 nitrogen and oxygen atoms in total. The van der Waals surface area contributed by atoms with Gasteiger partial charge in [-0.2, -0.15) is 0 Å². The summed E-state index contributed by atoms with van der Waals surface area (Å²) in [6.45, 7) is 2.55. The monoisotopic (exact) mass is 367 g/mol. The molecule has 1 heterocycles. The van der Waals surface area contributed by atoms with E-state index in [-0.39, 0.29) is 13.0 Å². The van der Waals surface area contributed by atoms with Crippen molar-refractivity contribution in [1.29, 1.82) is 0 Å². The molecule has 0 radical (unpaired) electrons. The molecule has 1 saturated heterocycles. The number of halogens is 1. The number of carbonyl (C=O) groups excluding carboxylic acids is 4. The Morgan fingerprint density at radius 2 is 1.96 bits per heavy atom. The van der Waals surface area contributed by atoms with Crippen molar-refractivity contribution in [1.82, 2.24) is 10.2 Å². The van der Waals surface area contributed by atoms with Crippen LogP contribution in [0.15, 0.2) is 24.3 Å². The summed E-state index contributed by atoms with van der Waals surface area (Å²) >= 11 is 5.91. The van der Waals surface area contributed by atoms with Crippen LogP contribution in [0.25, 0.3) is 0 Å². The number of esters is 1. The van der Waals surface area contributed by atoms with E-state index in [0.717, 1.165) is 4.90 Å². The molecule has 2 rings (SSSR count). The molecule has 1 aliphatic heterocycles. The van der Waals surface area contributed by atoms with Gasteiger partial charge in [0.15, 0.2) is 6.61 Å². The van der Waals surface area contributed by atoms with Crippen LogP contribution in [0.4, 0.5) is 10.5 Å². The molecule has 0 spiro atoms. The number of hydrogen-bond donors (Lipinski definition) is 2. The second kappa shape index (κ2) is 7.52. The van der Waals surface area contributed by atoms with E-state index in [0.29, 0.717) is 10.7 Å². The molecule has 1 aliphatic rings. The fourth-order valence-corrected chi connectivity index (χ4v) is 2.37. The highest BCUT2D eigenvalue weighted by Crippen LogP contribution is 2.20. The van der Waals surface area contributed by atoms with Crippen molar-refractivity contribution in [3.63, 3.8) is 0 Å². The predicted octanol–water partition coefficient (Wildman–Crippen LogP) is 1.54. The van der Waals surface area contributed by atoms with Crippen molar-refractivity contribution in [2.75, 3.05) is 18.5 Å². The third kappa shape index (κ3) is 4.69. The number of benzene rings is 1. The van der Waals surface area contributed by atoms with Crippen molar-refractivity contribution in [2.45, 2.75) is 25.8 Å². The zero-order valence-corrected chi connectivity index (χ0v) is 14.6. The Morgan fingerprint density at radius 1 is 1.28 bits per heavy atom.